The molecule has 1 aromatic rings. The van der Waals surface area contributed by atoms with Gasteiger partial charge in [0.15, 0.2) is 0 Å². The minimum Gasteiger partial charge on any atom is -0.369 e. The zero-order valence-corrected chi connectivity index (χ0v) is 9.63. The van der Waals surface area contributed by atoms with Crippen molar-refractivity contribution in [1.82, 2.24) is 5.32 Å². The van der Waals surface area contributed by atoms with Crippen LogP contribution in [-0.2, 0) is 13.0 Å². The first-order valence-electron chi connectivity index (χ1n) is 6.54. The van der Waals surface area contributed by atoms with Crippen molar-refractivity contribution in [3.05, 3.63) is 28.8 Å². The normalized spacial score (nSPS) is 23.1. The smallest absolute Gasteiger partial charge is 0.0448 e. The van der Waals surface area contributed by atoms with E-state index in [1.54, 1.807) is 16.8 Å². The number of benzene rings is 1. The summed E-state index contributed by atoms with van der Waals surface area (Å²) in [6.07, 6.45) is 4.13. The van der Waals surface area contributed by atoms with E-state index in [4.69, 9.17) is 0 Å². The number of rotatable bonds is 1. The second-order valence-corrected chi connectivity index (χ2v) is 5.33. The molecular formula is C14H18N2. The number of anilines is 1. The lowest BCUT2D eigenvalue weighted by Crippen LogP contribution is -2.27. The molecule has 3 aliphatic rings. The molecule has 0 unspecified atom stereocenters. The monoisotopic (exact) mass is 214 g/mol. The van der Waals surface area contributed by atoms with E-state index in [0.29, 0.717) is 0 Å². The van der Waals surface area contributed by atoms with Gasteiger partial charge in [0.2, 0.25) is 0 Å². The molecule has 1 aromatic carbocycles. The minimum atomic E-state index is 0.900. The van der Waals surface area contributed by atoms with E-state index >= 15 is 0 Å². The van der Waals surface area contributed by atoms with Crippen LogP contribution in [0.3, 0.4) is 0 Å². The third-order valence-electron chi connectivity index (χ3n) is 4.24. The summed E-state index contributed by atoms with van der Waals surface area (Å²) < 4.78 is 0. The lowest BCUT2D eigenvalue weighted by Gasteiger charge is -2.19. The van der Waals surface area contributed by atoms with Crippen molar-refractivity contribution in [2.45, 2.75) is 31.7 Å². The van der Waals surface area contributed by atoms with Gasteiger partial charge in [0.05, 0.1) is 0 Å². The quantitative estimate of drug-likeness (QED) is 0.769. The molecule has 1 fully saturated rings. The molecule has 0 amide bonds. The predicted octanol–water partition coefficient (Wildman–Crippen LogP) is 2.03. The zero-order chi connectivity index (χ0) is 10.5. The Balaban J connectivity index is 1.89. The maximum atomic E-state index is 3.52. The van der Waals surface area contributed by atoms with Crippen LogP contribution in [0.4, 0.5) is 5.69 Å². The van der Waals surface area contributed by atoms with E-state index in [-0.39, 0.29) is 0 Å². The van der Waals surface area contributed by atoms with Crippen LogP contribution in [0.5, 0.6) is 0 Å². The van der Waals surface area contributed by atoms with Gasteiger partial charge in [-0.05, 0) is 41.9 Å². The molecule has 16 heavy (non-hydrogen) atoms. The number of hydrogen-bond acceptors (Lipinski definition) is 2. The molecule has 84 valence electrons. The molecule has 1 saturated carbocycles. The van der Waals surface area contributed by atoms with E-state index in [9.17, 15) is 0 Å². The predicted molar refractivity (Wildman–Crippen MR) is 66.0 cm³/mol. The first kappa shape index (κ1) is 9.06. The lowest BCUT2D eigenvalue weighted by atomic mass is 9.97. The fraction of sp³-hybridized carbons (Fsp3) is 0.571. The summed E-state index contributed by atoms with van der Waals surface area (Å²) in [6, 6.07) is 4.77. The number of nitrogens with zero attached hydrogens (tertiary/aromatic N) is 1. The van der Waals surface area contributed by atoms with Gasteiger partial charge < -0.3 is 10.2 Å². The van der Waals surface area contributed by atoms with Crippen molar-refractivity contribution in [1.29, 1.82) is 0 Å². The molecular weight excluding hydrogens is 196 g/mol. The molecule has 2 nitrogen and oxygen atoms in total. The Morgan fingerprint density at radius 3 is 3.00 bits per heavy atom. The van der Waals surface area contributed by atoms with Crippen LogP contribution >= 0.6 is 0 Å². The summed E-state index contributed by atoms with van der Waals surface area (Å²) in [6.45, 7) is 4.62. The SMILES string of the molecule is c1cc(C2CC2)c2c3c1CNCCN3CC2. The highest BCUT2D eigenvalue weighted by molar-refractivity contribution is 5.67. The van der Waals surface area contributed by atoms with Gasteiger partial charge in [-0.15, -0.1) is 0 Å². The Bertz CT molecular complexity index is 435. The van der Waals surface area contributed by atoms with Gasteiger partial charge in [-0.25, -0.2) is 0 Å². The van der Waals surface area contributed by atoms with Crippen molar-refractivity contribution in [2.75, 3.05) is 24.5 Å². The second kappa shape index (κ2) is 3.24. The Hall–Kier alpha value is -1.02. The molecule has 2 aliphatic heterocycles. The second-order valence-electron chi connectivity index (χ2n) is 5.33. The molecule has 2 heterocycles. The molecule has 0 radical (unpaired) electrons. The van der Waals surface area contributed by atoms with Gasteiger partial charge in [-0.3, -0.25) is 0 Å². The van der Waals surface area contributed by atoms with Gasteiger partial charge in [-0.1, -0.05) is 12.1 Å². The average Bonchev–Trinajstić information content (AvgIpc) is 3.07. The van der Waals surface area contributed by atoms with Crippen molar-refractivity contribution < 1.29 is 0 Å². The highest BCUT2D eigenvalue weighted by Crippen LogP contribution is 2.46. The van der Waals surface area contributed by atoms with Crippen molar-refractivity contribution in [3.8, 4) is 0 Å². The average molecular weight is 214 g/mol. The van der Waals surface area contributed by atoms with Crippen molar-refractivity contribution >= 4 is 5.69 Å². The first-order valence-corrected chi connectivity index (χ1v) is 6.54. The summed E-state index contributed by atoms with van der Waals surface area (Å²) in [7, 11) is 0. The fourth-order valence-electron chi connectivity index (χ4n) is 3.30. The van der Waals surface area contributed by atoms with Gasteiger partial charge in [0, 0.05) is 31.9 Å². The Morgan fingerprint density at radius 1 is 1.19 bits per heavy atom. The maximum Gasteiger partial charge on any atom is 0.0448 e. The summed E-state index contributed by atoms with van der Waals surface area (Å²) >= 11 is 0. The fourth-order valence-corrected chi connectivity index (χ4v) is 3.30. The van der Waals surface area contributed by atoms with Crippen molar-refractivity contribution in [3.63, 3.8) is 0 Å². The third-order valence-corrected chi connectivity index (χ3v) is 4.24. The van der Waals surface area contributed by atoms with Crippen LogP contribution in [0.25, 0.3) is 0 Å². The van der Waals surface area contributed by atoms with Crippen LogP contribution in [0.15, 0.2) is 12.1 Å². The minimum absolute atomic E-state index is 0.900. The summed E-state index contributed by atoms with van der Waals surface area (Å²) in [5.74, 6) is 0.900. The molecule has 1 aliphatic carbocycles. The van der Waals surface area contributed by atoms with E-state index in [1.807, 2.05) is 0 Å². The zero-order valence-electron chi connectivity index (χ0n) is 9.63. The van der Waals surface area contributed by atoms with Gasteiger partial charge >= 0.3 is 0 Å². The van der Waals surface area contributed by atoms with Crippen LogP contribution in [-0.4, -0.2) is 19.6 Å². The number of hydrogen-bond donors (Lipinski definition) is 1. The van der Waals surface area contributed by atoms with E-state index in [0.717, 1.165) is 19.0 Å². The molecule has 2 heteroatoms. The molecule has 0 atom stereocenters. The van der Waals surface area contributed by atoms with Crippen molar-refractivity contribution in [2.24, 2.45) is 0 Å². The van der Waals surface area contributed by atoms with Gasteiger partial charge in [-0.2, -0.15) is 0 Å². The summed E-state index contributed by atoms with van der Waals surface area (Å²) in [5, 5.41) is 3.52. The van der Waals surface area contributed by atoms with E-state index in [2.05, 4.69) is 22.3 Å². The number of nitrogens with one attached hydrogen (secondary N) is 1. The van der Waals surface area contributed by atoms with E-state index < -0.39 is 0 Å². The first-order chi connectivity index (χ1) is 7.93. The summed E-state index contributed by atoms with van der Waals surface area (Å²) in [4.78, 5) is 2.59. The van der Waals surface area contributed by atoms with Crippen LogP contribution in [0.2, 0.25) is 0 Å². The van der Waals surface area contributed by atoms with Crippen LogP contribution < -0.4 is 10.2 Å². The molecule has 4 rings (SSSR count). The molecule has 1 N–H and O–H groups in total. The van der Waals surface area contributed by atoms with Crippen LogP contribution in [0, 0.1) is 0 Å². The molecule has 0 saturated heterocycles. The highest BCUT2D eigenvalue weighted by Gasteiger charge is 2.32. The van der Waals surface area contributed by atoms with E-state index in [1.165, 1.54) is 37.9 Å². The lowest BCUT2D eigenvalue weighted by molar-refractivity contribution is 0.692. The van der Waals surface area contributed by atoms with Crippen LogP contribution in [0.1, 0.15) is 35.4 Å². The van der Waals surface area contributed by atoms with Gasteiger partial charge in [0.1, 0.15) is 0 Å². The maximum absolute atomic E-state index is 3.52. The Labute approximate surface area is 96.6 Å². The largest absolute Gasteiger partial charge is 0.369 e. The highest BCUT2D eigenvalue weighted by atomic mass is 15.2. The standard InChI is InChI=1S/C14H18N2/c1-2-10(1)12-4-3-11-9-15-6-8-16-7-5-13(12)14(11)16/h3-4,10,15H,1-2,5-9H2. The molecule has 0 bridgehead atoms. The molecule has 0 aromatic heterocycles. The Kier molecular flexibility index (Phi) is 1.83. The topological polar surface area (TPSA) is 15.3 Å². The summed E-state index contributed by atoms with van der Waals surface area (Å²) in [5.41, 5.74) is 6.47. The third kappa shape index (κ3) is 1.23. The molecule has 0 spiro atoms. The Morgan fingerprint density at radius 2 is 2.12 bits per heavy atom. The van der Waals surface area contributed by atoms with Gasteiger partial charge in [0.25, 0.3) is 0 Å².